The number of hydrogen-bond donors (Lipinski definition) is 0. The minimum Gasteiger partial charge on any atom is -0.445 e. The molecular formula is C18H26N2O4. The van der Waals surface area contributed by atoms with E-state index in [4.69, 9.17) is 9.47 Å². The molecule has 0 aliphatic carbocycles. The lowest BCUT2D eigenvalue weighted by molar-refractivity contribution is 0.0225. The van der Waals surface area contributed by atoms with Crippen molar-refractivity contribution in [1.82, 2.24) is 9.80 Å². The van der Waals surface area contributed by atoms with Crippen LogP contribution in [0, 0.1) is 0 Å². The Labute approximate surface area is 143 Å². The molecule has 132 valence electrons. The molecule has 2 rings (SSSR count). The average molecular weight is 334 g/mol. The standard InChI is InChI=1S/C18H26N2O4/c1-18(2,3)24-16(21)19(4)15-10-11-20(12-15)17(22)23-13-14-8-6-5-7-9-14/h5-9,15H,10-13H2,1-4H3/t15-/m1/s1. The molecule has 1 saturated heterocycles. The van der Waals surface area contributed by atoms with E-state index in [0.29, 0.717) is 13.1 Å². The molecule has 0 spiro atoms. The van der Waals surface area contributed by atoms with Crippen LogP contribution in [-0.2, 0) is 16.1 Å². The van der Waals surface area contributed by atoms with Crippen LogP contribution in [0.1, 0.15) is 32.8 Å². The fraction of sp³-hybridized carbons (Fsp3) is 0.556. The van der Waals surface area contributed by atoms with Gasteiger partial charge in [-0.15, -0.1) is 0 Å². The van der Waals surface area contributed by atoms with Crippen LogP contribution in [0.25, 0.3) is 0 Å². The smallest absolute Gasteiger partial charge is 0.410 e. The van der Waals surface area contributed by atoms with E-state index in [1.165, 1.54) is 0 Å². The maximum Gasteiger partial charge on any atom is 0.410 e. The number of benzene rings is 1. The second kappa shape index (κ2) is 7.55. The SMILES string of the molecule is CN(C(=O)OC(C)(C)C)[C@@H]1CCN(C(=O)OCc2ccccc2)C1. The Morgan fingerprint density at radius 3 is 2.54 bits per heavy atom. The summed E-state index contributed by atoms with van der Waals surface area (Å²) in [5, 5.41) is 0. The summed E-state index contributed by atoms with van der Waals surface area (Å²) in [6.07, 6.45) is 0.00171. The lowest BCUT2D eigenvalue weighted by Gasteiger charge is -2.28. The van der Waals surface area contributed by atoms with Crippen LogP contribution in [0.2, 0.25) is 0 Å². The van der Waals surface area contributed by atoms with Crippen molar-refractivity contribution < 1.29 is 19.1 Å². The van der Waals surface area contributed by atoms with Crippen molar-refractivity contribution in [2.75, 3.05) is 20.1 Å². The zero-order valence-electron chi connectivity index (χ0n) is 14.8. The van der Waals surface area contributed by atoms with E-state index in [2.05, 4.69) is 0 Å². The Morgan fingerprint density at radius 2 is 1.92 bits per heavy atom. The molecule has 24 heavy (non-hydrogen) atoms. The van der Waals surface area contributed by atoms with Crippen molar-refractivity contribution >= 4 is 12.2 Å². The first kappa shape index (κ1) is 18.1. The molecule has 1 aliphatic heterocycles. The molecule has 1 aromatic carbocycles. The lowest BCUT2D eigenvalue weighted by atomic mass is 10.2. The number of carbonyl (C=O) groups excluding carboxylic acids is 2. The van der Waals surface area contributed by atoms with Gasteiger partial charge in [0.25, 0.3) is 0 Å². The van der Waals surface area contributed by atoms with E-state index in [1.807, 2.05) is 51.1 Å². The van der Waals surface area contributed by atoms with Gasteiger partial charge in [-0.1, -0.05) is 30.3 Å². The molecule has 1 aliphatic rings. The molecule has 6 nitrogen and oxygen atoms in total. The molecule has 1 fully saturated rings. The van der Waals surface area contributed by atoms with E-state index in [-0.39, 0.29) is 24.8 Å². The first-order chi connectivity index (χ1) is 11.3. The Bertz CT molecular complexity index is 568. The van der Waals surface area contributed by atoms with Gasteiger partial charge in [0, 0.05) is 20.1 Å². The van der Waals surface area contributed by atoms with E-state index >= 15 is 0 Å². The highest BCUT2D eigenvalue weighted by Gasteiger charge is 2.33. The van der Waals surface area contributed by atoms with Crippen molar-refractivity contribution in [1.29, 1.82) is 0 Å². The minimum atomic E-state index is -0.530. The molecule has 1 aromatic rings. The van der Waals surface area contributed by atoms with Crippen LogP contribution in [0.3, 0.4) is 0 Å². The van der Waals surface area contributed by atoms with Crippen molar-refractivity contribution in [3.63, 3.8) is 0 Å². The maximum absolute atomic E-state index is 12.2. The fourth-order valence-electron chi connectivity index (χ4n) is 2.52. The zero-order chi connectivity index (χ0) is 17.7. The first-order valence-corrected chi connectivity index (χ1v) is 8.18. The van der Waals surface area contributed by atoms with Gasteiger partial charge in [0.05, 0.1) is 6.04 Å². The van der Waals surface area contributed by atoms with Gasteiger partial charge in [-0.25, -0.2) is 9.59 Å². The lowest BCUT2D eigenvalue weighted by Crippen LogP contribution is -2.42. The summed E-state index contributed by atoms with van der Waals surface area (Å²) in [5.41, 5.74) is 0.422. The zero-order valence-corrected chi connectivity index (χ0v) is 14.8. The predicted octanol–water partition coefficient (Wildman–Crippen LogP) is 3.26. The Hall–Kier alpha value is -2.24. The van der Waals surface area contributed by atoms with Gasteiger partial charge >= 0.3 is 12.2 Å². The van der Waals surface area contributed by atoms with E-state index < -0.39 is 5.60 Å². The molecule has 0 aromatic heterocycles. The second-order valence-corrected chi connectivity index (χ2v) is 7.02. The third-order valence-corrected chi connectivity index (χ3v) is 3.86. The molecule has 1 atom stereocenters. The van der Waals surface area contributed by atoms with Gasteiger partial charge in [0.1, 0.15) is 12.2 Å². The Morgan fingerprint density at radius 1 is 1.25 bits per heavy atom. The number of likely N-dealkylation sites (N-methyl/N-ethyl adjacent to an activating group) is 1. The van der Waals surface area contributed by atoms with Crippen LogP contribution in [0.15, 0.2) is 30.3 Å². The van der Waals surface area contributed by atoms with Crippen molar-refractivity contribution in [3.8, 4) is 0 Å². The maximum atomic E-state index is 12.2. The highest BCUT2D eigenvalue weighted by Crippen LogP contribution is 2.18. The molecule has 0 bridgehead atoms. The third kappa shape index (κ3) is 5.15. The highest BCUT2D eigenvalue weighted by atomic mass is 16.6. The van der Waals surface area contributed by atoms with Crippen LogP contribution in [0.5, 0.6) is 0 Å². The fourth-order valence-corrected chi connectivity index (χ4v) is 2.52. The Balaban J connectivity index is 1.81. The van der Waals surface area contributed by atoms with Crippen molar-refractivity contribution in [2.45, 2.75) is 45.4 Å². The normalized spacial score (nSPS) is 17.5. The quantitative estimate of drug-likeness (QED) is 0.851. The topological polar surface area (TPSA) is 59.1 Å². The first-order valence-electron chi connectivity index (χ1n) is 8.18. The summed E-state index contributed by atoms with van der Waals surface area (Å²) in [7, 11) is 1.71. The van der Waals surface area contributed by atoms with Crippen molar-refractivity contribution in [3.05, 3.63) is 35.9 Å². The number of carbonyl (C=O) groups is 2. The van der Waals surface area contributed by atoms with E-state index in [1.54, 1.807) is 16.8 Å². The minimum absolute atomic E-state index is 0.0517. The van der Waals surface area contributed by atoms with Gasteiger partial charge in [0.2, 0.25) is 0 Å². The second-order valence-electron chi connectivity index (χ2n) is 7.02. The highest BCUT2D eigenvalue weighted by molar-refractivity contribution is 5.70. The summed E-state index contributed by atoms with van der Waals surface area (Å²) >= 11 is 0. The monoisotopic (exact) mass is 334 g/mol. The number of hydrogen-bond acceptors (Lipinski definition) is 4. The van der Waals surface area contributed by atoms with Crippen LogP contribution in [-0.4, -0.2) is 53.8 Å². The average Bonchev–Trinajstić information content (AvgIpc) is 3.01. The molecule has 0 saturated carbocycles. The summed E-state index contributed by atoms with van der Waals surface area (Å²) in [5.74, 6) is 0. The molecule has 0 unspecified atom stereocenters. The van der Waals surface area contributed by atoms with Gasteiger partial charge < -0.3 is 19.3 Å². The summed E-state index contributed by atoms with van der Waals surface area (Å²) < 4.78 is 10.7. The Kier molecular flexibility index (Phi) is 5.70. The molecule has 0 radical (unpaired) electrons. The number of rotatable bonds is 3. The number of ether oxygens (including phenoxy) is 2. The summed E-state index contributed by atoms with van der Waals surface area (Å²) in [4.78, 5) is 27.5. The molecule has 2 amide bonds. The summed E-state index contributed by atoms with van der Waals surface area (Å²) in [6.45, 7) is 6.79. The third-order valence-electron chi connectivity index (χ3n) is 3.86. The van der Waals surface area contributed by atoms with E-state index in [9.17, 15) is 9.59 Å². The molecular weight excluding hydrogens is 308 g/mol. The number of likely N-dealkylation sites (tertiary alicyclic amines) is 1. The van der Waals surface area contributed by atoms with Crippen LogP contribution < -0.4 is 0 Å². The van der Waals surface area contributed by atoms with E-state index in [0.717, 1.165) is 12.0 Å². The van der Waals surface area contributed by atoms with Crippen LogP contribution in [0.4, 0.5) is 9.59 Å². The van der Waals surface area contributed by atoms with Crippen molar-refractivity contribution in [2.24, 2.45) is 0 Å². The largest absolute Gasteiger partial charge is 0.445 e. The molecule has 1 heterocycles. The summed E-state index contributed by atoms with van der Waals surface area (Å²) in [6, 6.07) is 9.51. The van der Waals surface area contributed by atoms with Gasteiger partial charge in [0.15, 0.2) is 0 Å². The number of nitrogens with zero attached hydrogens (tertiary/aromatic N) is 2. The van der Waals surface area contributed by atoms with Gasteiger partial charge in [-0.2, -0.15) is 0 Å². The molecule has 0 N–H and O–H groups in total. The number of amides is 2. The van der Waals surface area contributed by atoms with Gasteiger partial charge in [-0.05, 0) is 32.8 Å². The predicted molar refractivity (Wildman–Crippen MR) is 90.6 cm³/mol. The van der Waals surface area contributed by atoms with Crippen LogP contribution >= 0.6 is 0 Å². The molecule has 6 heteroatoms. The van der Waals surface area contributed by atoms with Gasteiger partial charge in [-0.3, -0.25) is 0 Å².